The van der Waals surface area contributed by atoms with Crippen LogP contribution in [0.3, 0.4) is 0 Å². The molecule has 0 aliphatic rings. The van der Waals surface area contributed by atoms with Crippen molar-refractivity contribution in [1.29, 1.82) is 0 Å². The lowest BCUT2D eigenvalue weighted by atomic mass is 10.0. The van der Waals surface area contributed by atoms with Gasteiger partial charge in [-0.2, -0.15) is 0 Å². The average molecular weight is 272 g/mol. The van der Waals surface area contributed by atoms with Crippen LogP contribution in [0.4, 0.5) is 11.4 Å². The van der Waals surface area contributed by atoms with Crippen LogP contribution in [-0.4, -0.2) is 52.7 Å². The quantitative estimate of drug-likeness (QED) is 0.397. The van der Waals surface area contributed by atoms with Gasteiger partial charge in [0, 0.05) is 0 Å². The van der Waals surface area contributed by atoms with Gasteiger partial charge in [0.25, 0.3) is 5.69 Å². The van der Waals surface area contributed by atoms with E-state index in [1.165, 1.54) is 25.3 Å². The summed E-state index contributed by atoms with van der Waals surface area (Å²) in [5, 5.41) is 41.1. The molecule has 4 N–H and O–H groups in total. The zero-order valence-electron chi connectivity index (χ0n) is 10.4. The molecule has 1 rings (SSSR count). The van der Waals surface area contributed by atoms with E-state index in [-0.39, 0.29) is 11.4 Å². The van der Waals surface area contributed by atoms with Gasteiger partial charge in [-0.15, -0.1) is 0 Å². The van der Waals surface area contributed by atoms with E-state index in [1.54, 1.807) is 0 Å². The molecule has 0 saturated carbocycles. The summed E-state index contributed by atoms with van der Waals surface area (Å²) in [5.41, 5.74) is -1.64. The fourth-order valence-corrected chi connectivity index (χ4v) is 1.45. The molecular weight excluding hydrogens is 256 g/mol. The molecule has 8 heteroatoms. The Hall–Kier alpha value is -1.90. The Bertz CT molecular complexity index is 439. The van der Waals surface area contributed by atoms with Gasteiger partial charge in [-0.1, -0.05) is 0 Å². The normalized spacial score (nSPS) is 11.2. The van der Waals surface area contributed by atoms with Crippen molar-refractivity contribution in [2.24, 2.45) is 0 Å². The SMILES string of the molecule is COc1ccc(NC(CO)(CO)CO)c([N+](=O)[O-])c1. The summed E-state index contributed by atoms with van der Waals surface area (Å²) in [7, 11) is 1.38. The molecule has 8 nitrogen and oxygen atoms in total. The lowest BCUT2D eigenvalue weighted by Gasteiger charge is -2.29. The molecule has 0 fully saturated rings. The highest BCUT2D eigenvalue weighted by atomic mass is 16.6. The third kappa shape index (κ3) is 3.31. The number of nitrogens with zero attached hydrogens (tertiary/aromatic N) is 1. The fourth-order valence-electron chi connectivity index (χ4n) is 1.45. The van der Waals surface area contributed by atoms with Crippen LogP contribution < -0.4 is 10.1 Å². The van der Waals surface area contributed by atoms with Crippen LogP contribution >= 0.6 is 0 Å². The largest absolute Gasteiger partial charge is 0.496 e. The predicted molar refractivity (Wildman–Crippen MR) is 67.3 cm³/mol. The first-order chi connectivity index (χ1) is 9.01. The molecule has 0 atom stereocenters. The van der Waals surface area contributed by atoms with Gasteiger partial charge in [-0.25, -0.2) is 0 Å². The van der Waals surface area contributed by atoms with Gasteiger partial charge in [0.15, 0.2) is 0 Å². The minimum absolute atomic E-state index is 0.0722. The highest BCUT2D eigenvalue weighted by molar-refractivity contribution is 5.65. The number of nitro groups is 1. The van der Waals surface area contributed by atoms with Crippen LogP contribution in [0, 0.1) is 10.1 Å². The molecule has 19 heavy (non-hydrogen) atoms. The molecule has 0 heterocycles. The van der Waals surface area contributed by atoms with Crippen molar-refractivity contribution in [1.82, 2.24) is 0 Å². The minimum Gasteiger partial charge on any atom is -0.496 e. The number of benzene rings is 1. The Morgan fingerprint density at radius 2 is 1.89 bits per heavy atom. The Morgan fingerprint density at radius 3 is 2.32 bits per heavy atom. The summed E-state index contributed by atoms with van der Waals surface area (Å²) < 4.78 is 4.89. The molecule has 0 saturated heterocycles. The number of aliphatic hydroxyl groups excluding tert-OH is 3. The van der Waals surface area contributed by atoms with E-state index in [0.29, 0.717) is 5.75 Å². The molecule has 0 amide bonds. The zero-order valence-corrected chi connectivity index (χ0v) is 10.4. The van der Waals surface area contributed by atoms with E-state index >= 15 is 0 Å². The standard InChI is InChI=1S/C11H16N2O6/c1-19-8-2-3-9(10(4-8)13(17)18)12-11(5-14,6-15)7-16/h2-4,12,14-16H,5-7H2,1H3. The van der Waals surface area contributed by atoms with Crippen molar-refractivity contribution in [3.05, 3.63) is 28.3 Å². The smallest absolute Gasteiger partial charge is 0.296 e. The summed E-state index contributed by atoms with van der Waals surface area (Å²) >= 11 is 0. The highest BCUT2D eigenvalue weighted by Crippen LogP contribution is 2.30. The third-order valence-electron chi connectivity index (χ3n) is 2.71. The van der Waals surface area contributed by atoms with Crippen molar-refractivity contribution >= 4 is 11.4 Å². The molecule has 0 aromatic heterocycles. The van der Waals surface area contributed by atoms with E-state index < -0.39 is 30.3 Å². The number of anilines is 1. The van der Waals surface area contributed by atoms with Crippen LogP contribution in [0.1, 0.15) is 0 Å². The number of hydrogen-bond acceptors (Lipinski definition) is 7. The predicted octanol–water partition coefficient (Wildman–Crippen LogP) is -0.269. The molecular formula is C11H16N2O6. The van der Waals surface area contributed by atoms with Gasteiger partial charge in [-0.05, 0) is 12.1 Å². The molecule has 1 aromatic carbocycles. The first-order valence-electron chi connectivity index (χ1n) is 5.45. The lowest BCUT2D eigenvalue weighted by Crippen LogP contribution is -2.49. The molecule has 1 aromatic rings. The average Bonchev–Trinajstić information content (AvgIpc) is 2.45. The van der Waals surface area contributed by atoms with Crippen molar-refractivity contribution in [3.8, 4) is 5.75 Å². The number of ether oxygens (including phenoxy) is 1. The molecule has 0 aliphatic heterocycles. The van der Waals surface area contributed by atoms with E-state index in [4.69, 9.17) is 4.74 Å². The van der Waals surface area contributed by atoms with E-state index in [1.807, 2.05) is 0 Å². The van der Waals surface area contributed by atoms with Crippen molar-refractivity contribution in [2.45, 2.75) is 5.54 Å². The number of aliphatic hydroxyl groups is 3. The third-order valence-corrected chi connectivity index (χ3v) is 2.71. The summed E-state index contributed by atoms with van der Waals surface area (Å²) in [5.74, 6) is 0.305. The monoisotopic (exact) mass is 272 g/mol. The van der Waals surface area contributed by atoms with Crippen LogP contribution in [-0.2, 0) is 0 Å². The van der Waals surface area contributed by atoms with E-state index in [9.17, 15) is 25.4 Å². The van der Waals surface area contributed by atoms with E-state index in [2.05, 4.69) is 5.32 Å². The fraction of sp³-hybridized carbons (Fsp3) is 0.455. The Balaban J connectivity index is 3.16. The second kappa shape index (κ2) is 6.32. The molecule has 0 spiro atoms. The molecule has 0 aliphatic carbocycles. The maximum Gasteiger partial charge on any atom is 0.296 e. The second-order valence-corrected chi connectivity index (χ2v) is 4.02. The molecule has 0 unspecified atom stereocenters. The van der Waals surface area contributed by atoms with Gasteiger partial charge in [0.1, 0.15) is 17.0 Å². The van der Waals surface area contributed by atoms with Crippen molar-refractivity contribution in [3.63, 3.8) is 0 Å². The maximum absolute atomic E-state index is 11.0. The van der Waals surface area contributed by atoms with Crippen LogP contribution in [0.25, 0.3) is 0 Å². The number of nitro benzene ring substituents is 1. The Morgan fingerprint density at radius 1 is 1.32 bits per heavy atom. The van der Waals surface area contributed by atoms with Gasteiger partial charge in [0.05, 0.1) is 37.9 Å². The minimum atomic E-state index is -1.43. The number of nitrogens with one attached hydrogen (secondary N) is 1. The zero-order chi connectivity index (χ0) is 14.5. The second-order valence-electron chi connectivity index (χ2n) is 4.02. The lowest BCUT2D eigenvalue weighted by molar-refractivity contribution is -0.384. The number of methoxy groups -OCH3 is 1. The first-order valence-corrected chi connectivity index (χ1v) is 5.45. The van der Waals surface area contributed by atoms with E-state index in [0.717, 1.165) is 0 Å². The summed E-state index contributed by atoms with van der Waals surface area (Å²) in [6.07, 6.45) is 0. The van der Waals surface area contributed by atoms with Crippen LogP contribution in [0.2, 0.25) is 0 Å². The van der Waals surface area contributed by atoms with Crippen molar-refractivity contribution in [2.75, 3.05) is 32.2 Å². The maximum atomic E-state index is 11.0. The first kappa shape index (κ1) is 15.2. The molecule has 0 bridgehead atoms. The van der Waals surface area contributed by atoms with Gasteiger partial charge < -0.3 is 25.4 Å². The van der Waals surface area contributed by atoms with Crippen LogP contribution in [0.5, 0.6) is 5.75 Å². The number of rotatable bonds is 7. The topological polar surface area (TPSA) is 125 Å². The Kier molecular flexibility index (Phi) is 5.04. The number of hydrogen-bond donors (Lipinski definition) is 4. The summed E-state index contributed by atoms with van der Waals surface area (Å²) in [6, 6.07) is 4.08. The highest BCUT2D eigenvalue weighted by Gasteiger charge is 2.30. The van der Waals surface area contributed by atoms with Crippen molar-refractivity contribution < 1.29 is 25.0 Å². The van der Waals surface area contributed by atoms with Gasteiger partial charge in [0.2, 0.25) is 0 Å². The Labute approximate surface area is 109 Å². The summed E-state index contributed by atoms with van der Waals surface area (Å²) in [4.78, 5) is 10.3. The summed E-state index contributed by atoms with van der Waals surface area (Å²) in [6.45, 7) is -1.74. The van der Waals surface area contributed by atoms with Crippen LogP contribution in [0.15, 0.2) is 18.2 Å². The molecule has 106 valence electrons. The molecule has 0 radical (unpaired) electrons. The van der Waals surface area contributed by atoms with Gasteiger partial charge >= 0.3 is 0 Å². The van der Waals surface area contributed by atoms with Gasteiger partial charge in [-0.3, -0.25) is 10.1 Å².